The Morgan fingerprint density at radius 3 is 2.42 bits per heavy atom. The van der Waals surface area contributed by atoms with Crippen LogP contribution in [0.15, 0.2) is 52.3 Å². The third-order valence-electron chi connectivity index (χ3n) is 2.88. The van der Waals surface area contributed by atoms with Crippen LogP contribution in [0.4, 0.5) is 0 Å². The second-order valence-corrected chi connectivity index (χ2v) is 5.85. The van der Waals surface area contributed by atoms with E-state index in [-0.39, 0.29) is 5.78 Å². The topological polar surface area (TPSA) is 17.1 Å². The van der Waals surface area contributed by atoms with Crippen molar-refractivity contribution in [2.75, 3.05) is 0 Å². The second kappa shape index (κ2) is 6.27. The van der Waals surface area contributed by atoms with Crippen LogP contribution in [0.5, 0.6) is 0 Å². The minimum atomic E-state index is 0.0964. The lowest BCUT2D eigenvalue weighted by Crippen LogP contribution is -1.96. The van der Waals surface area contributed by atoms with Crippen LogP contribution in [-0.4, -0.2) is 5.78 Å². The van der Waals surface area contributed by atoms with E-state index in [0.717, 1.165) is 26.8 Å². The summed E-state index contributed by atoms with van der Waals surface area (Å²) in [7, 11) is 0. The van der Waals surface area contributed by atoms with Gasteiger partial charge in [-0.15, -0.1) is 0 Å². The molecule has 0 N–H and O–H groups in total. The van der Waals surface area contributed by atoms with E-state index in [1.165, 1.54) is 5.56 Å². The highest BCUT2D eigenvalue weighted by molar-refractivity contribution is 7.99. The van der Waals surface area contributed by atoms with E-state index in [1.54, 1.807) is 18.7 Å². The van der Waals surface area contributed by atoms with E-state index < -0.39 is 0 Å². The molecule has 19 heavy (non-hydrogen) atoms. The molecule has 0 amide bonds. The zero-order chi connectivity index (χ0) is 13.8. The fourth-order valence-electron chi connectivity index (χ4n) is 1.79. The number of benzene rings is 2. The van der Waals surface area contributed by atoms with Crippen LogP contribution >= 0.6 is 23.4 Å². The average Bonchev–Trinajstić information content (AvgIpc) is 2.41. The van der Waals surface area contributed by atoms with E-state index in [1.807, 2.05) is 36.4 Å². The Labute approximate surface area is 123 Å². The lowest BCUT2D eigenvalue weighted by molar-refractivity contribution is 0.101. The molecule has 0 aromatic heterocycles. The highest BCUT2D eigenvalue weighted by atomic mass is 35.5. The highest BCUT2D eigenvalue weighted by Crippen LogP contribution is 2.32. The summed E-state index contributed by atoms with van der Waals surface area (Å²) in [5.41, 5.74) is 2.01. The fourth-order valence-corrected chi connectivity index (χ4v) is 2.98. The lowest BCUT2D eigenvalue weighted by atomic mass is 10.1. The summed E-state index contributed by atoms with van der Waals surface area (Å²) in [6, 6.07) is 13.7. The molecular weight excluding hydrogens is 276 g/mol. The molecule has 2 aromatic rings. The molecule has 0 unspecified atom stereocenters. The Hall–Kier alpha value is -1.25. The standard InChI is InChI=1S/C16H15ClOS/c1-3-12-4-9-15(11(2)18)16(10-12)19-14-7-5-13(17)6-8-14/h4-10H,3H2,1-2H3. The molecule has 2 aromatic carbocycles. The summed E-state index contributed by atoms with van der Waals surface area (Å²) in [4.78, 5) is 13.8. The van der Waals surface area contributed by atoms with Crippen LogP contribution in [0.25, 0.3) is 0 Å². The number of Topliss-reactive ketones (excluding diaryl/α,β-unsaturated/α-hetero) is 1. The van der Waals surface area contributed by atoms with Crippen molar-refractivity contribution in [1.29, 1.82) is 0 Å². The van der Waals surface area contributed by atoms with E-state index in [0.29, 0.717) is 0 Å². The minimum absolute atomic E-state index is 0.0964. The molecule has 0 aliphatic rings. The van der Waals surface area contributed by atoms with Gasteiger partial charge in [-0.25, -0.2) is 0 Å². The first-order chi connectivity index (χ1) is 9.10. The molecule has 2 rings (SSSR count). The maximum Gasteiger partial charge on any atom is 0.160 e. The summed E-state index contributed by atoms with van der Waals surface area (Å²) in [5, 5.41) is 0.721. The smallest absolute Gasteiger partial charge is 0.160 e. The van der Waals surface area contributed by atoms with Gasteiger partial charge in [-0.1, -0.05) is 42.4 Å². The molecule has 0 fully saturated rings. The van der Waals surface area contributed by atoms with Crippen molar-refractivity contribution < 1.29 is 4.79 Å². The summed E-state index contributed by atoms with van der Waals surface area (Å²) < 4.78 is 0. The van der Waals surface area contributed by atoms with Crippen molar-refractivity contribution in [2.24, 2.45) is 0 Å². The van der Waals surface area contributed by atoms with Crippen LogP contribution < -0.4 is 0 Å². The Morgan fingerprint density at radius 2 is 1.84 bits per heavy atom. The summed E-state index contributed by atoms with van der Waals surface area (Å²) in [6.45, 7) is 3.71. The van der Waals surface area contributed by atoms with Gasteiger partial charge in [0, 0.05) is 20.4 Å². The number of aryl methyl sites for hydroxylation is 1. The van der Waals surface area contributed by atoms with Gasteiger partial charge in [0.2, 0.25) is 0 Å². The van der Waals surface area contributed by atoms with Gasteiger partial charge in [-0.05, 0) is 49.2 Å². The van der Waals surface area contributed by atoms with Gasteiger partial charge in [0.05, 0.1) is 0 Å². The van der Waals surface area contributed by atoms with E-state index in [4.69, 9.17) is 11.6 Å². The van der Waals surface area contributed by atoms with Crippen molar-refractivity contribution in [2.45, 2.75) is 30.1 Å². The maximum absolute atomic E-state index is 11.7. The molecule has 0 saturated carbocycles. The van der Waals surface area contributed by atoms with Crippen LogP contribution in [0.3, 0.4) is 0 Å². The van der Waals surface area contributed by atoms with Gasteiger partial charge in [-0.2, -0.15) is 0 Å². The van der Waals surface area contributed by atoms with Crippen molar-refractivity contribution in [1.82, 2.24) is 0 Å². The van der Waals surface area contributed by atoms with Gasteiger partial charge in [0.25, 0.3) is 0 Å². The molecule has 98 valence electrons. The number of carbonyl (C=O) groups excluding carboxylic acids is 1. The Kier molecular flexibility index (Phi) is 4.67. The minimum Gasteiger partial charge on any atom is -0.294 e. The summed E-state index contributed by atoms with van der Waals surface area (Å²) >= 11 is 7.48. The Balaban J connectivity index is 2.36. The maximum atomic E-state index is 11.7. The van der Waals surface area contributed by atoms with E-state index in [9.17, 15) is 4.79 Å². The van der Waals surface area contributed by atoms with Crippen molar-refractivity contribution in [3.63, 3.8) is 0 Å². The summed E-state index contributed by atoms with van der Waals surface area (Å²) in [5.74, 6) is 0.0964. The van der Waals surface area contributed by atoms with Crippen molar-refractivity contribution in [3.05, 3.63) is 58.6 Å². The molecule has 0 spiro atoms. The molecule has 0 bridgehead atoms. The van der Waals surface area contributed by atoms with E-state index in [2.05, 4.69) is 13.0 Å². The van der Waals surface area contributed by atoms with Crippen molar-refractivity contribution in [3.8, 4) is 0 Å². The van der Waals surface area contributed by atoms with Gasteiger partial charge < -0.3 is 0 Å². The fraction of sp³-hybridized carbons (Fsp3) is 0.188. The van der Waals surface area contributed by atoms with E-state index >= 15 is 0 Å². The number of hydrogen-bond donors (Lipinski definition) is 0. The molecule has 0 saturated heterocycles. The monoisotopic (exact) mass is 290 g/mol. The predicted octanol–water partition coefficient (Wildman–Crippen LogP) is 5.26. The predicted molar refractivity (Wildman–Crippen MR) is 81.4 cm³/mol. The van der Waals surface area contributed by atoms with Crippen molar-refractivity contribution >= 4 is 29.1 Å². The molecule has 0 heterocycles. The lowest BCUT2D eigenvalue weighted by Gasteiger charge is -2.09. The SMILES string of the molecule is CCc1ccc(C(C)=O)c(Sc2ccc(Cl)cc2)c1. The number of rotatable bonds is 4. The molecule has 0 aliphatic heterocycles. The zero-order valence-electron chi connectivity index (χ0n) is 10.9. The van der Waals surface area contributed by atoms with Crippen LogP contribution in [0.2, 0.25) is 5.02 Å². The molecule has 0 aliphatic carbocycles. The molecule has 0 radical (unpaired) electrons. The number of hydrogen-bond acceptors (Lipinski definition) is 2. The number of halogens is 1. The number of ketones is 1. The second-order valence-electron chi connectivity index (χ2n) is 4.30. The first kappa shape index (κ1) is 14.2. The van der Waals surface area contributed by atoms with Gasteiger partial charge in [-0.3, -0.25) is 4.79 Å². The molecular formula is C16H15ClOS. The first-order valence-electron chi connectivity index (χ1n) is 6.17. The first-order valence-corrected chi connectivity index (χ1v) is 7.37. The average molecular weight is 291 g/mol. The normalized spacial score (nSPS) is 10.5. The number of carbonyl (C=O) groups is 1. The molecule has 0 atom stereocenters. The quantitative estimate of drug-likeness (QED) is 0.715. The summed E-state index contributed by atoms with van der Waals surface area (Å²) in [6.07, 6.45) is 0.965. The Bertz CT molecular complexity index is 590. The molecule has 1 nitrogen and oxygen atoms in total. The Morgan fingerprint density at radius 1 is 1.16 bits per heavy atom. The van der Waals surface area contributed by atoms with Gasteiger partial charge >= 0.3 is 0 Å². The third-order valence-corrected chi connectivity index (χ3v) is 4.19. The highest BCUT2D eigenvalue weighted by Gasteiger charge is 2.09. The van der Waals surface area contributed by atoms with Crippen LogP contribution in [-0.2, 0) is 6.42 Å². The van der Waals surface area contributed by atoms with Gasteiger partial charge in [0.15, 0.2) is 5.78 Å². The third kappa shape index (κ3) is 3.62. The zero-order valence-corrected chi connectivity index (χ0v) is 12.5. The van der Waals surface area contributed by atoms with Crippen LogP contribution in [0, 0.1) is 0 Å². The largest absolute Gasteiger partial charge is 0.294 e. The van der Waals surface area contributed by atoms with Crippen LogP contribution in [0.1, 0.15) is 29.8 Å². The molecule has 3 heteroatoms. The van der Waals surface area contributed by atoms with Gasteiger partial charge in [0.1, 0.15) is 0 Å².